The summed E-state index contributed by atoms with van der Waals surface area (Å²) in [5.74, 6) is 1.04. The highest BCUT2D eigenvalue weighted by Crippen LogP contribution is 2.35. The van der Waals surface area contributed by atoms with Gasteiger partial charge in [-0.2, -0.15) is 0 Å². The van der Waals surface area contributed by atoms with Crippen molar-refractivity contribution in [2.75, 3.05) is 25.0 Å². The smallest absolute Gasteiger partial charge is 0.0398 e. The zero-order valence-electron chi connectivity index (χ0n) is 12.3. The molecule has 1 aliphatic carbocycles. The Morgan fingerprint density at radius 2 is 2.21 bits per heavy atom. The second-order valence-corrected chi connectivity index (χ2v) is 6.22. The molecule has 0 radical (unpaired) electrons. The SMILES string of the molecule is CNC(C)c1ccc2c(c1)CCCN2CCC1CC1. The first-order valence-corrected chi connectivity index (χ1v) is 7.83. The van der Waals surface area contributed by atoms with Gasteiger partial charge in [0.25, 0.3) is 0 Å². The first-order valence-electron chi connectivity index (χ1n) is 7.83. The topological polar surface area (TPSA) is 15.3 Å². The molecule has 0 amide bonds. The summed E-state index contributed by atoms with van der Waals surface area (Å²) in [5.41, 5.74) is 4.48. The first kappa shape index (κ1) is 13.0. The molecular weight excluding hydrogens is 232 g/mol. The van der Waals surface area contributed by atoms with E-state index in [2.05, 4.69) is 35.3 Å². The third kappa shape index (κ3) is 2.94. The summed E-state index contributed by atoms with van der Waals surface area (Å²) in [5, 5.41) is 3.33. The van der Waals surface area contributed by atoms with Crippen LogP contribution in [0.4, 0.5) is 5.69 Å². The van der Waals surface area contributed by atoms with E-state index in [0.29, 0.717) is 6.04 Å². The van der Waals surface area contributed by atoms with Gasteiger partial charge in [-0.15, -0.1) is 0 Å². The third-order valence-corrected chi connectivity index (χ3v) is 4.76. The Kier molecular flexibility index (Phi) is 3.79. The molecule has 2 nitrogen and oxygen atoms in total. The minimum atomic E-state index is 0.451. The van der Waals surface area contributed by atoms with E-state index in [4.69, 9.17) is 0 Å². The average molecular weight is 258 g/mol. The lowest BCUT2D eigenvalue weighted by Crippen LogP contribution is -2.30. The first-order chi connectivity index (χ1) is 9.28. The lowest BCUT2D eigenvalue weighted by atomic mass is 9.96. The molecule has 0 aromatic heterocycles. The Bertz CT molecular complexity index is 437. The average Bonchev–Trinajstić information content (AvgIpc) is 3.27. The van der Waals surface area contributed by atoms with Gasteiger partial charge in [-0.1, -0.05) is 25.0 Å². The van der Waals surface area contributed by atoms with Crippen molar-refractivity contribution in [3.8, 4) is 0 Å². The summed E-state index contributed by atoms with van der Waals surface area (Å²) in [6.07, 6.45) is 6.90. The van der Waals surface area contributed by atoms with Crippen LogP contribution >= 0.6 is 0 Å². The molecule has 0 bridgehead atoms. The highest BCUT2D eigenvalue weighted by molar-refractivity contribution is 5.57. The van der Waals surface area contributed by atoms with Crippen molar-refractivity contribution in [1.82, 2.24) is 5.32 Å². The van der Waals surface area contributed by atoms with Crippen LogP contribution in [0.3, 0.4) is 0 Å². The summed E-state index contributed by atoms with van der Waals surface area (Å²) in [6.45, 7) is 4.74. The molecule has 0 saturated heterocycles. The van der Waals surface area contributed by atoms with Crippen LogP contribution in [0, 0.1) is 5.92 Å². The normalized spacial score (nSPS) is 20.2. The van der Waals surface area contributed by atoms with Gasteiger partial charge in [0.2, 0.25) is 0 Å². The van der Waals surface area contributed by atoms with E-state index < -0.39 is 0 Å². The van der Waals surface area contributed by atoms with E-state index in [1.165, 1.54) is 56.4 Å². The molecule has 1 heterocycles. The predicted octanol–water partition coefficient (Wildman–Crippen LogP) is 3.52. The Labute approximate surface area is 117 Å². The molecule has 3 rings (SSSR count). The molecule has 104 valence electrons. The van der Waals surface area contributed by atoms with Crippen molar-refractivity contribution >= 4 is 5.69 Å². The number of nitrogens with one attached hydrogen (secondary N) is 1. The van der Waals surface area contributed by atoms with Crippen LogP contribution < -0.4 is 10.2 Å². The molecule has 0 spiro atoms. The van der Waals surface area contributed by atoms with E-state index in [0.717, 1.165) is 5.92 Å². The third-order valence-electron chi connectivity index (χ3n) is 4.76. The molecular formula is C17H26N2. The lowest BCUT2D eigenvalue weighted by Gasteiger charge is -2.32. The number of benzene rings is 1. The van der Waals surface area contributed by atoms with Crippen LogP contribution in [0.2, 0.25) is 0 Å². The van der Waals surface area contributed by atoms with Crippen molar-refractivity contribution in [1.29, 1.82) is 0 Å². The van der Waals surface area contributed by atoms with Gasteiger partial charge in [-0.3, -0.25) is 0 Å². The minimum absolute atomic E-state index is 0.451. The van der Waals surface area contributed by atoms with Gasteiger partial charge in [0.1, 0.15) is 0 Å². The number of rotatable bonds is 5. The maximum atomic E-state index is 3.33. The van der Waals surface area contributed by atoms with Crippen molar-refractivity contribution in [2.24, 2.45) is 5.92 Å². The number of fused-ring (bicyclic) bond motifs is 1. The molecule has 1 aromatic rings. The summed E-state index contributed by atoms with van der Waals surface area (Å²) in [4.78, 5) is 2.62. The van der Waals surface area contributed by atoms with Crippen LogP contribution in [0.15, 0.2) is 18.2 Å². The van der Waals surface area contributed by atoms with Crippen LogP contribution in [0.25, 0.3) is 0 Å². The maximum Gasteiger partial charge on any atom is 0.0398 e. The minimum Gasteiger partial charge on any atom is -0.371 e. The van der Waals surface area contributed by atoms with Crippen LogP contribution in [-0.4, -0.2) is 20.1 Å². The molecule has 1 aliphatic heterocycles. The Hall–Kier alpha value is -1.02. The zero-order valence-corrected chi connectivity index (χ0v) is 12.3. The summed E-state index contributed by atoms with van der Waals surface area (Å²) >= 11 is 0. The van der Waals surface area contributed by atoms with Crippen LogP contribution in [0.1, 0.15) is 49.8 Å². The van der Waals surface area contributed by atoms with Gasteiger partial charge >= 0.3 is 0 Å². The van der Waals surface area contributed by atoms with Crippen LogP contribution in [0.5, 0.6) is 0 Å². The molecule has 1 fully saturated rings. The summed E-state index contributed by atoms with van der Waals surface area (Å²) in [6, 6.07) is 7.52. The number of anilines is 1. The number of nitrogens with zero attached hydrogens (tertiary/aromatic N) is 1. The fraction of sp³-hybridized carbons (Fsp3) is 0.647. The fourth-order valence-corrected chi connectivity index (χ4v) is 3.11. The van der Waals surface area contributed by atoms with E-state index in [1.807, 2.05) is 7.05 Å². The molecule has 2 aliphatic rings. The maximum absolute atomic E-state index is 3.33. The van der Waals surface area contributed by atoms with Gasteiger partial charge in [-0.25, -0.2) is 0 Å². The van der Waals surface area contributed by atoms with Crippen molar-refractivity contribution in [3.05, 3.63) is 29.3 Å². The number of aryl methyl sites for hydroxylation is 1. The molecule has 1 N–H and O–H groups in total. The zero-order chi connectivity index (χ0) is 13.2. The monoisotopic (exact) mass is 258 g/mol. The summed E-state index contributed by atoms with van der Waals surface area (Å²) in [7, 11) is 2.03. The number of hydrogen-bond donors (Lipinski definition) is 1. The van der Waals surface area contributed by atoms with Crippen molar-refractivity contribution in [3.63, 3.8) is 0 Å². The molecule has 1 saturated carbocycles. The van der Waals surface area contributed by atoms with Gasteiger partial charge < -0.3 is 10.2 Å². The van der Waals surface area contributed by atoms with Crippen LogP contribution in [-0.2, 0) is 6.42 Å². The van der Waals surface area contributed by atoms with E-state index >= 15 is 0 Å². The quantitative estimate of drug-likeness (QED) is 0.869. The summed E-state index contributed by atoms with van der Waals surface area (Å²) < 4.78 is 0. The fourth-order valence-electron chi connectivity index (χ4n) is 3.11. The largest absolute Gasteiger partial charge is 0.371 e. The Balaban J connectivity index is 1.75. The van der Waals surface area contributed by atoms with Crippen molar-refractivity contribution < 1.29 is 0 Å². The van der Waals surface area contributed by atoms with E-state index in [-0.39, 0.29) is 0 Å². The van der Waals surface area contributed by atoms with Gasteiger partial charge in [0.15, 0.2) is 0 Å². The van der Waals surface area contributed by atoms with Gasteiger partial charge in [0, 0.05) is 24.8 Å². The standard InChI is InChI=1S/C17H26N2/c1-13(18-2)15-7-8-17-16(12-15)4-3-10-19(17)11-9-14-5-6-14/h7-8,12-14,18H,3-6,9-11H2,1-2H3. The second kappa shape index (κ2) is 5.54. The molecule has 1 aromatic carbocycles. The molecule has 2 heteroatoms. The molecule has 1 atom stereocenters. The number of hydrogen-bond acceptors (Lipinski definition) is 2. The van der Waals surface area contributed by atoms with E-state index in [9.17, 15) is 0 Å². The van der Waals surface area contributed by atoms with Gasteiger partial charge in [0.05, 0.1) is 0 Å². The molecule has 19 heavy (non-hydrogen) atoms. The Morgan fingerprint density at radius 1 is 1.37 bits per heavy atom. The second-order valence-electron chi connectivity index (χ2n) is 6.22. The lowest BCUT2D eigenvalue weighted by molar-refractivity contribution is 0.628. The van der Waals surface area contributed by atoms with E-state index in [1.54, 1.807) is 5.56 Å². The predicted molar refractivity (Wildman–Crippen MR) is 81.8 cm³/mol. The highest BCUT2D eigenvalue weighted by Gasteiger charge is 2.24. The molecule has 1 unspecified atom stereocenters. The van der Waals surface area contributed by atoms with Crippen molar-refractivity contribution in [2.45, 2.75) is 45.1 Å². The van der Waals surface area contributed by atoms with Gasteiger partial charge in [-0.05, 0) is 56.3 Å². The Morgan fingerprint density at radius 3 is 2.95 bits per heavy atom. The highest BCUT2D eigenvalue weighted by atomic mass is 15.1.